The van der Waals surface area contributed by atoms with Gasteiger partial charge in [-0.15, -0.1) is 0 Å². The number of aliphatic hydroxyl groups excluding tert-OH is 1. The van der Waals surface area contributed by atoms with Gasteiger partial charge in [-0.2, -0.15) is 0 Å². The third-order valence-corrected chi connectivity index (χ3v) is 10.2. The number of ether oxygens (including phenoxy) is 2. The number of rotatable bonds is 8. The highest BCUT2D eigenvalue weighted by Crippen LogP contribution is 2.51. The molecule has 152 valence electrons. The number of methoxy groups -OCH3 is 1. The van der Waals surface area contributed by atoms with E-state index in [0.29, 0.717) is 11.5 Å². The van der Waals surface area contributed by atoms with Crippen molar-refractivity contribution < 1.29 is 19.0 Å². The average molecular weight is 385 g/mol. The van der Waals surface area contributed by atoms with Crippen LogP contribution in [0, 0.1) is 11.8 Å². The van der Waals surface area contributed by atoms with Gasteiger partial charge in [0.05, 0.1) is 18.8 Å². The van der Waals surface area contributed by atoms with Crippen LogP contribution >= 0.6 is 0 Å². The summed E-state index contributed by atoms with van der Waals surface area (Å²) in [6.45, 7) is 16.3. The van der Waals surface area contributed by atoms with Crippen molar-refractivity contribution in [3.63, 3.8) is 0 Å². The summed E-state index contributed by atoms with van der Waals surface area (Å²) >= 11 is 0. The first-order valence-corrected chi connectivity index (χ1v) is 13.2. The van der Waals surface area contributed by atoms with E-state index in [-0.39, 0.29) is 23.7 Å². The van der Waals surface area contributed by atoms with E-state index in [2.05, 4.69) is 53.8 Å². The Hall–Kier alpha value is -0.203. The molecule has 0 aromatic rings. The predicted molar refractivity (Wildman–Crippen MR) is 109 cm³/mol. The Morgan fingerprint density at radius 3 is 2.38 bits per heavy atom. The molecule has 0 amide bonds. The van der Waals surface area contributed by atoms with Crippen LogP contribution in [-0.4, -0.2) is 51.1 Å². The van der Waals surface area contributed by atoms with Crippen LogP contribution in [0.25, 0.3) is 0 Å². The van der Waals surface area contributed by atoms with Crippen molar-refractivity contribution in [3.8, 4) is 0 Å². The lowest BCUT2D eigenvalue weighted by Gasteiger charge is -2.46. The smallest absolute Gasteiger partial charge is 0.189 e. The molecule has 1 aliphatic heterocycles. The molecule has 1 spiro atoms. The Balaban J connectivity index is 2.18. The molecule has 1 saturated heterocycles. The summed E-state index contributed by atoms with van der Waals surface area (Å²) in [7, 11) is -0.155. The van der Waals surface area contributed by atoms with E-state index in [1.807, 2.05) is 0 Å². The van der Waals surface area contributed by atoms with Crippen molar-refractivity contribution in [2.75, 3.05) is 13.7 Å². The van der Waals surface area contributed by atoms with Crippen LogP contribution in [0.1, 0.15) is 53.9 Å². The van der Waals surface area contributed by atoms with Crippen LogP contribution in [0.3, 0.4) is 0 Å². The Morgan fingerprint density at radius 1 is 1.31 bits per heavy atom. The van der Waals surface area contributed by atoms with Gasteiger partial charge in [0, 0.05) is 19.4 Å². The molecule has 26 heavy (non-hydrogen) atoms. The van der Waals surface area contributed by atoms with Gasteiger partial charge in [0.15, 0.2) is 8.32 Å². The van der Waals surface area contributed by atoms with Gasteiger partial charge in [-0.1, -0.05) is 39.3 Å². The molecular formula is C21H40O4Si. The Kier molecular flexibility index (Phi) is 7.17. The zero-order valence-corrected chi connectivity index (χ0v) is 19.0. The van der Waals surface area contributed by atoms with E-state index >= 15 is 0 Å². The second kappa shape index (κ2) is 8.44. The number of hydrogen-bond acceptors (Lipinski definition) is 4. The number of allylic oxidation sites excluding steroid dienone is 1. The zero-order valence-electron chi connectivity index (χ0n) is 18.0. The molecule has 0 bridgehead atoms. The lowest BCUT2D eigenvalue weighted by Crippen LogP contribution is -2.58. The van der Waals surface area contributed by atoms with Gasteiger partial charge >= 0.3 is 0 Å². The topological polar surface area (TPSA) is 51.2 Å². The largest absolute Gasteiger partial charge is 0.411 e. The summed E-state index contributed by atoms with van der Waals surface area (Å²) in [4.78, 5) is 0. The molecule has 1 saturated carbocycles. The van der Waals surface area contributed by atoms with Gasteiger partial charge in [-0.3, -0.25) is 0 Å². The Morgan fingerprint density at radius 2 is 1.92 bits per heavy atom. The molecule has 4 nitrogen and oxygen atoms in total. The van der Waals surface area contributed by atoms with Crippen LogP contribution in [0.4, 0.5) is 0 Å². The third kappa shape index (κ3) is 4.79. The SMILES string of the molecule is CO[C@@H]1[C@H](O)[C@@H](O[Si](C)(C)C(C)C)C[C@]2(CO2)[C@H]1/C(C)=C/CCC(C)C. The van der Waals surface area contributed by atoms with Crippen LogP contribution < -0.4 is 0 Å². The van der Waals surface area contributed by atoms with E-state index in [1.54, 1.807) is 7.11 Å². The quantitative estimate of drug-likeness (QED) is 0.379. The van der Waals surface area contributed by atoms with Crippen LogP contribution in [-0.2, 0) is 13.9 Å². The van der Waals surface area contributed by atoms with Crippen LogP contribution in [0.15, 0.2) is 11.6 Å². The maximum Gasteiger partial charge on any atom is 0.189 e. The van der Waals surface area contributed by atoms with E-state index in [0.717, 1.165) is 19.4 Å². The minimum atomic E-state index is -1.86. The van der Waals surface area contributed by atoms with Gasteiger partial charge < -0.3 is 19.0 Å². The van der Waals surface area contributed by atoms with E-state index < -0.39 is 14.4 Å². The molecule has 5 atom stereocenters. The molecule has 2 aliphatic rings. The van der Waals surface area contributed by atoms with E-state index in [4.69, 9.17) is 13.9 Å². The molecule has 0 aromatic carbocycles. The molecule has 2 fully saturated rings. The average Bonchev–Trinajstić information content (AvgIpc) is 3.29. The maximum absolute atomic E-state index is 11.1. The van der Waals surface area contributed by atoms with Gasteiger partial charge in [0.25, 0.3) is 0 Å². The molecule has 1 aliphatic carbocycles. The van der Waals surface area contributed by atoms with Crippen molar-refractivity contribution in [2.24, 2.45) is 11.8 Å². The molecule has 5 heteroatoms. The minimum Gasteiger partial charge on any atom is -0.411 e. The van der Waals surface area contributed by atoms with Gasteiger partial charge in [-0.25, -0.2) is 0 Å². The third-order valence-electron chi connectivity index (χ3n) is 6.49. The first kappa shape index (κ1) is 22.1. The Labute approximate surface area is 161 Å². The highest BCUT2D eigenvalue weighted by Gasteiger charge is 2.62. The lowest BCUT2D eigenvalue weighted by molar-refractivity contribution is -0.135. The summed E-state index contributed by atoms with van der Waals surface area (Å²) in [6.07, 6.45) is 4.24. The normalized spacial score (nSPS) is 35.6. The fourth-order valence-electron chi connectivity index (χ4n) is 4.04. The highest BCUT2D eigenvalue weighted by atomic mass is 28.4. The maximum atomic E-state index is 11.1. The standard InChI is InChI=1S/C21H40O4Si/c1-14(2)10-9-11-16(5)18-20(23-6)19(22)17(12-21(18)13-24-21)25-26(7,8)15(3)4/h11,14-15,17-20,22H,9-10,12-13H2,1-8H3/b16-11+/t17-,18-,19+,20-,21-/m0/s1. The molecule has 1 N–H and O–H groups in total. The van der Waals surface area contributed by atoms with Gasteiger partial charge in [0.1, 0.15) is 11.7 Å². The van der Waals surface area contributed by atoms with Crippen molar-refractivity contribution in [1.82, 2.24) is 0 Å². The van der Waals surface area contributed by atoms with E-state index in [1.165, 1.54) is 12.0 Å². The lowest BCUT2D eigenvalue weighted by atomic mass is 9.71. The Bertz CT molecular complexity index is 496. The van der Waals surface area contributed by atoms with Crippen molar-refractivity contribution >= 4 is 8.32 Å². The van der Waals surface area contributed by atoms with Crippen LogP contribution in [0.2, 0.25) is 18.6 Å². The van der Waals surface area contributed by atoms with Crippen molar-refractivity contribution in [3.05, 3.63) is 11.6 Å². The second-order valence-electron chi connectivity index (χ2n) is 9.56. The summed E-state index contributed by atoms with van der Waals surface area (Å²) in [5.41, 5.74) is 1.57. The summed E-state index contributed by atoms with van der Waals surface area (Å²) in [5, 5.41) is 11.1. The molecule has 0 aromatic heterocycles. The number of aliphatic hydroxyl groups is 1. The van der Waals surface area contributed by atoms with Crippen molar-refractivity contribution in [1.29, 1.82) is 0 Å². The summed E-state index contributed by atoms with van der Waals surface area (Å²) < 4.78 is 18.3. The first-order chi connectivity index (χ1) is 12.0. The molecule has 1 heterocycles. The second-order valence-corrected chi connectivity index (χ2v) is 14.2. The van der Waals surface area contributed by atoms with Gasteiger partial charge in [0.2, 0.25) is 0 Å². The van der Waals surface area contributed by atoms with Crippen molar-refractivity contribution in [2.45, 2.75) is 96.4 Å². The van der Waals surface area contributed by atoms with E-state index in [9.17, 15) is 5.11 Å². The molecule has 2 rings (SSSR count). The highest BCUT2D eigenvalue weighted by molar-refractivity contribution is 6.72. The summed E-state index contributed by atoms with van der Waals surface area (Å²) in [5.74, 6) is 0.805. The molecule has 0 unspecified atom stereocenters. The fraction of sp³-hybridized carbons (Fsp3) is 0.905. The van der Waals surface area contributed by atoms with Crippen LogP contribution in [0.5, 0.6) is 0 Å². The zero-order chi connectivity index (χ0) is 19.7. The monoisotopic (exact) mass is 384 g/mol. The molecular weight excluding hydrogens is 344 g/mol. The summed E-state index contributed by atoms with van der Waals surface area (Å²) in [6, 6.07) is 0. The fourth-order valence-corrected chi connectivity index (χ4v) is 5.32. The number of hydrogen-bond donors (Lipinski definition) is 1. The predicted octanol–water partition coefficient (Wildman–Crippen LogP) is 4.53. The number of epoxide rings is 1. The van der Waals surface area contributed by atoms with Gasteiger partial charge in [-0.05, 0) is 44.3 Å². The first-order valence-electron chi connectivity index (χ1n) is 10.2. The molecule has 0 radical (unpaired) electrons. The minimum absolute atomic E-state index is 0.110.